The number of benzene rings is 1. The Kier molecular flexibility index (Phi) is 4.48. The van der Waals surface area contributed by atoms with E-state index >= 15 is 0 Å². The standard InChI is InChI=1S/C17H20N2O2/c20-16(17-7-4-12-21-17)14-19-10-8-18(9-11-19)13-15-5-2-1-3-6-15/h1-7,12H,8-11,13-14H2. The van der Waals surface area contributed by atoms with Crippen molar-refractivity contribution in [2.45, 2.75) is 6.54 Å². The Labute approximate surface area is 125 Å². The van der Waals surface area contributed by atoms with Crippen LogP contribution in [0, 0.1) is 0 Å². The number of rotatable bonds is 5. The Morgan fingerprint density at radius 3 is 2.33 bits per heavy atom. The summed E-state index contributed by atoms with van der Waals surface area (Å²) >= 11 is 0. The molecule has 4 nitrogen and oxygen atoms in total. The maximum absolute atomic E-state index is 12.0. The van der Waals surface area contributed by atoms with Gasteiger partial charge in [0.1, 0.15) is 0 Å². The summed E-state index contributed by atoms with van der Waals surface area (Å²) in [6.45, 7) is 5.30. The van der Waals surface area contributed by atoms with Crippen molar-refractivity contribution in [2.24, 2.45) is 0 Å². The summed E-state index contributed by atoms with van der Waals surface area (Å²) in [5, 5.41) is 0. The van der Waals surface area contributed by atoms with Gasteiger partial charge in [0.2, 0.25) is 5.78 Å². The van der Waals surface area contributed by atoms with Crippen molar-refractivity contribution in [3.05, 3.63) is 60.1 Å². The lowest BCUT2D eigenvalue weighted by Gasteiger charge is -2.34. The minimum absolute atomic E-state index is 0.0662. The minimum Gasteiger partial charge on any atom is -0.461 e. The molecule has 4 heteroatoms. The Bertz CT molecular complexity index is 558. The van der Waals surface area contributed by atoms with Crippen molar-refractivity contribution in [1.82, 2.24) is 9.80 Å². The summed E-state index contributed by atoms with van der Waals surface area (Å²) in [5.74, 6) is 0.526. The van der Waals surface area contributed by atoms with Gasteiger partial charge in [0.05, 0.1) is 12.8 Å². The maximum Gasteiger partial charge on any atom is 0.211 e. The highest BCUT2D eigenvalue weighted by Crippen LogP contribution is 2.09. The van der Waals surface area contributed by atoms with Gasteiger partial charge >= 0.3 is 0 Å². The molecule has 0 N–H and O–H groups in total. The van der Waals surface area contributed by atoms with Gasteiger partial charge < -0.3 is 4.42 Å². The molecule has 2 heterocycles. The molecule has 1 saturated heterocycles. The van der Waals surface area contributed by atoms with E-state index in [9.17, 15) is 4.79 Å². The smallest absolute Gasteiger partial charge is 0.211 e. The van der Waals surface area contributed by atoms with Gasteiger partial charge in [0.15, 0.2) is 5.76 Å². The highest BCUT2D eigenvalue weighted by Gasteiger charge is 2.20. The van der Waals surface area contributed by atoms with Crippen molar-refractivity contribution >= 4 is 5.78 Å². The highest BCUT2D eigenvalue weighted by atomic mass is 16.3. The molecule has 1 aromatic carbocycles. The second-order valence-electron chi connectivity index (χ2n) is 5.44. The van der Waals surface area contributed by atoms with Crippen molar-refractivity contribution in [3.63, 3.8) is 0 Å². The second-order valence-corrected chi connectivity index (χ2v) is 5.44. The zero-order chi connectivity index (χ0) is 14.5. The SMILES string of the molecule is O=C(CN1CCN(Cc2ccccc2)CC1)c1ccco1. The van der Waals surface area contributed by atoms with Crippen molar-refractivity contribution in [2.75, 3.05) is 32.7 Å². The third-order valence-electron chi connectivity index (χ3n) is 3.88. The van der Waals surface area contributed by atoms with Gasteiger partial charge in [-0.1, -0.05) is 30.3 Å². The van der Waals surface area contributed by atoms with E-state index < -0.39 is 0 Å². The first-order chi connectivity index (χ1) is 10.3. The summed E-state index contributed by atoms with van der Waals surface area (Å²) in [5.41, 5.74) is 1.35. The summed E-state index contributed by atoms with van der Waals surface area (Å²) in [4.78, 5) is 16.6. The number of nitrogens with zero attached hydrogens (tertiary/aromatic N) is 2. The van der Waals surface area contributed by atoms with Crippen LogP contribution in [0.1, 0.15) is 16.1 Å². The van der Waals surface area contributed by atoms with Crippen LogP contribution in [-0.4, -0.2) is 48.3 Å². The molecule has 0 radical (unpaired) electrons. The summed E-state index contributed by atoms with van der Waals surface area (Å²) in [6, 6.07) is 14.0. The molecule has 0 spiro atoms. The van der Waals surface area contributed by atoms with Gasteiger partial charge in [0.25, 0.3) is 0 Å². The summed E-state index contributed by atoms with van der Waals surface area (Å²) in [7, 11) is 0. The predicted molar refractivity (Wildman–Crippen MR) is 81.2 cm³/mol. The zero-order valence-electron chi connectivity index (χ0n) is 12.1. The molecule has 1 aromatic heterocycles. The molecule has 1 aliphatic rings. The average molecular weight is 284 g/mol. The van der Waals surface area contributed by atoms with Crippen LogP contribution < -0.4 is 0 Å². The van der Waals surface area contributed by atoms with E-state index in [4.69, 9.17) is 4.42 Å². The number of Topliss-reactive ketones (excluding diaryl/α,β-unsaturated/α-hetero) is 1. The number of carbonyl (C=O) groups excluding carboxylic acids is 1. The van der Waals surface area contributed by atoms with E-state index in [-0.39, 0.29) is 5.78 Å². The normalized spacial score (nSPS) is 17.0. The van der Waals surface area contributed by atoms with Crippen molar-refractivity contribution < 1.29 is 9.21 Å². The van der Waals surface area contributed by atoms with E-state index in [1.807, 2.05) is 6.07 Å². The first-order valence-electron chi connectivity index (χ1n) is 7.36. The van der Waals surface area contributed by atoms with Gasteiger partial charge in [-0.15, -0.1) is 0 Å². The number of hydrogen-bond acceptors (Lipinski definition) is 4. The number of piperazine rings is 1. The Balaban J connectivity index is 1.46. The van der Waals surface area contributed by atoms with E-state index in [1.54, 1.807) is 18.4 Å². The van der Waals surface area contributed by atoms with Crippen LogP contribution in [0.3, 0.4) is 0 Å². The highest BCUT2D eigenvalue weighted by molar-refractivity contribution is 5.94. The fraction of sp³-hybridized carbons (Fsp3) is 0.353. The van der Waals surface area contributed by atoms with Crippen LogP contribution in [0.25, 0.3) is 0 Å². The van der Waals surface area contributed by atoms with Gasteiger partial charge in [-0.05, 0) is 17.7 Å². The predicted octanol–water partition coefficient (Wildman–Crippen LogP) is 2.28. The van der Waals surface area contributed by atoms with Crippen LogP contribution in [0.2, 0.25) is 0 Å². The molecule has 0 amide bonds. The molecule has 0 atom stereocenters. The fourth-order valence-corrected chi connectivity index (χ4v) is 2.67. The molecule has 0 saturated carbocycles. The molecule has 0 unspecified atom stereocenters. The van der Waals surface area contributed by atoms with Gasteiger partial charge in [0, 0.05) is 32.7 Å². The fourth-order valence-electron chi connectivity index (χ4n) is 2.67. The minimum atomic E-state index is 0.0662. The van der Waals surface area contributed by atoms with E-state index in [0.717, 1.165) is 32.7 Å². The molecule has 0 aliphatic carbocycles. The molecule has 1 aliphatic heterocycles. The largest absolute Gasteiger partial charge is 0.461 e. The number of ketones is 1. The third-order valence-corrected chi connectivity index (χ3v) is 3.88. The molecule has 0 bridgehead atoms. The summed E-state index contributed by atoms with van der Waals surface area (Å²) < 4.78 is 5.15. The Morgan fingerprint density at radius 2 is 1.67 bits per heavy atom. The van der Waals surface area contributed by atoms with Gasteiger partial charge in [-0.2, -0.15) is 0 Å². The second kappa shape index (κ2) is 6.70. The van der Waals surface area contributed by atoms with Gasteiger partial charge in [-0.25, -0.2) is 0 Å². The summed E-state index contributed by atoms with van der Waals surface area (Å²) in [6.07, 6.45) is 1.55. The van der Waals surface area contributed by atoms with Crippen molar-refractivity contribution in [3.8, 4) is 0 Å². The molecule has 3 rings (SSSR count). The average Bonchev–Trinajstić information content (AvgIpc) is 3.05. The molecule has 1 fully saturated rings. The molecular formula is C17H20N2O2. The lowest BCUT2D eigenvalue weighted by molar-refractivity contribution is 0.0819. The lowest BCUT2D eigenvalue weighted by Crippen LogP contribution is -2.47. The van der Waals surface area contributed by atoms with Crippen LogP contribution in [0.5, 0.6) is 0 Å². The van der Waals surface area contributed by atoms with Crippen LogP contribution in [0.4, 0.5) is 0 Å². The zero-order valence-corrected chi connectivity index (χ0v) is 12.1. The monoisotopic (exact) mass is 284 g/mol. The van der Waals surface area contributed by atoms with E-state index in [2.05, 4.69) is 34.1 Å². The first kappa shape index (κ1) is 14.0. The third kappa shape index (κ3) is 3.80. The van der Waals surface area contributed by atoms with Crippen LogP contribution in [0.15, 0.2) is 53.1 Å². The molecule has 2 aromatic rings. The topological polar surface area (TPSA) is 36.7 Å². The van der Waals surface area contributed by atoms with Crippen LogP contribution >= 0.6 is 0 Å². The molecule has 110 valence electrons. The van der Waals surface area contributed by atoms with Gasteiger partial charge in [-0.3, -0.25) is 14.6 Å². The number of hydrogen-bond donors (Lipinski definition) is 0. The van der Waals surface area contributed by atoms with Crippen molar-refractivity contribution in [1.29, 1.82) is 0 Å². The first-order valence-corrected chi connectivity index (χ1v) is 7.36. The molecule has 21 heavy (non-hydrogen) atoms. The molecular weight excluding hydrogens is 264 g/mol. The quantitative estimate of drug-likeness (QED) is 0.789. The van der Waals surface area contributed by atoms with E-state index in [0.29, 0.717) is 12.3 Å². The number of furan rings is 1. The lowest BCUT2D eigenvalue weighted by atomic mass is 10.2. The Morgan fingerprint density at radius 1 is 0.952 bits per heavy atom. The van der Waals surface area contributed by atoms with E-state index in [1.165, 1.54) is 5.56 Å². The number of carbonyl (C=O) groups is 1. The maximum atomic E-state index is 12.0. The van der Waals surface area contributed by atoms with Crippen LogP contribution in [-0.2, 0) is 6.54 Å². The Hall–Kier alpha value is -1.91.